The van der Waals surface area contributed by atoms with Gasteiger partial charge in [0, 0.05) is 50.2 Å². The Bertz CT molecular complexity index is 1040. The van der Waals surface area contributed by atoms with Crippen LogP contribution in [0.2, 0.25) is 0 Å². The van der Waals surface area contributed by atoms with Gasteiger partial charge in [0.2, 0.25) is 0 Å². The van der Waals surface area contributed by atoms with Gasteiger partial charge in [-0.25, -0.2) is 9.18 Å². The van der Waals surface area contributed by atoms with Gasteiger partial charge >= 0.3 is 5.63 Å². The molecule has 1 aliphatic heterocycles. The lowest BCUT2D eigenvalue weighted by atomic mass is 10.0. The molecule has 0 saturated carbocycles. The Morgan fingerprint density at radius 3 is 2.52 bits per heavy atom. The number of fused-ring (bicyclic) bond motifs is 1. The number of hydrogen-bond acceptors (Lipinski definition) is 5. The summed E-state index contributed by atoms with van der Waals surface area (Å²) in [5.74, 6) is -0.317. The molecule has 140 valence electrons. The third kappa shape index (κ3) is 3.71. The zero-order valence-corrected chi connectivity index (χ0v) is 15.5. The molecule has 3 aromatic rings. The van der Waals surface area contributed by atoms with Gasteiger partial charge in [-0.15, -0.1) is 0 Å². The molecule has 0 N–H and O–H groups in total. The van der Waals surface area contributed by atoms with Crippen molar-refractivity contribution in [2.75, 3.05) is 31.1 Å². The van der Waals surface area contributed by atoms with Crippen LogP contribution < -0.4 is 10.5 Å². The minimum atomic E-state index is -0.317. The normalized spacial score (nSPS) is 15.4. The second kappa shape index (κ2) is 7.12. The quantitative estimate of drug-likeness (QED) is 0.665. The molecule has 4 rings (SSSR count). The lowest BCUT2D eigenvalue weighted by molar-refractivity contribution is 0.250. The molecule has 1 fully saturated rings. The number of rotatable bonds is 3. The molecular formula is C21H22FN3O2. The lowest BCUT2D eigenvalue weighted by Crippen LogP contribution is -2.46. The molecule has 0 aliphatic carbocycles. The smallest absolute Gasteiger partial charge is 0.336 e. The van der Waals surface area contributed by atoms with Gasteiger partial charge in [0.05, 0.1) is 18.1 Å². The van der Waals surface area contributed by atoms with Gasteiger partial charge in [0.15, 0.2) is 0 Å². The van der Waals surface area contributed by atoms with Crippen LogP contribution >= 0.6 is 0 Å². The van der Waals surface area contributed by atoms with E-state index in [1.807, 2.05) is 13.0 Å². The van der Waals surface area contributed by atoms with Crippen LogP contribution in [0.3, 0.4) is 0 Å². The molecule has 0 radical (unpaired) electrons. The van der Waals surface area contributed by atoms with E-state index in [0.29, 0.717) is 12.1 Å². The second-order valence-electron chi connectivity index (χ2n) is 7.15. The topological polar surface area (TPSA) is 49.6 Å². The summed E-state index contributed by atoms with van der Waals surface area (Å²) in [5, 5.41) is 0.995. The van der Waals surface area contributed by atoms with Crippen LogP contribution in [0.5, 0.6) is 0 Å². The number of aryl methyl sites for hydroxylation is 2. The van der Waals surface area contributed by atoms with E-state index in [-0.39, 0.29) is 11.4 Å². The Balaban J connectivity index is 1.52. The Morgan fingerprint density at radius 1 is 1.04 bits per heavy atom. The fourth-order valence-corrected chi connectivity index (χ4v) is 3.59. The van der Waals surface area contributed by atoms with E-state index >= 15 is 0 Å². The molecule has 0 bridgehead atoms. The molecule has 1 aromatic carbocycles. The van der Waals surface area contributed by atoms with Crippen molar-refractivity contribution < 1.29 is 8.81 Å². The predicted octanol–water partition coefficient (Wildman–Crippen LogP) is 3.27. The molecular weight excluding hydrogens is 345 g/mol. The first-order chi connectivity index (χ1) is 13.0. The first-order valence-corrected chi connectivity index (χ1v) is 9.11. The van der Waals surface area contributed by atoms with Crippen molar-refractivity contribution in [3.8, 4) is 0 Å². The molecule has 0 spiro atoms. The molecule has 0 unspecified atom stereocenters. The first kappa shape index (κ1) is 17.7. The Labute approximate surface area is 157 Å². The van der Waals surface area contributed by atoms with Gasteiger partial charge in [-0.1, -0.05) is 0 Å². The van der Waals surface area contributed by atoms with Gasteiger partial charge < -0.3 is 9.32 Å². The Kier molecular flexibility index (Phi) is 4.66. The lowest BCUT2D eigenvalue weighted by Gasteiger charge is -2.36. The molecule has 3 heterocycles. The van der Waals surface area contributed by atoms with Crippen LogP contribution in [-0.2, 0) is 6.54 Å². The maximum atomic E-state index is 13.4. The molecule has 0 amide bonds. The number of pyridine rings is 1. The van der Waals surface area contributed by atoms with Crippen molar-refractivity contribution in [1.82, 2.24) is 9.88 Å². The Hall–Kier alpha value is -2.73. The maximum absolute atomic E-state index is 13.4. The molecule has 1 saturated heterocycles. The van der Waals surface area contributed by atoms with Crippen LogP contribution in [0.25, 0.3) is 11.0 Å². The molecule has 27 heavy (non-hydrogen) atoms. The van der Waals surface area contributed by atoms with Crippen LogP contribution in [-0.4, -0.2) is 36.1 Å². The van der Waals surface area contributed by atoms with E-state index in [2.05, 4.69) is 27.8 Å². The monoisotopic (exact) mass is 367 g/mol. The highest BCUT2D eigenvalue weighted by atomic mass is 19.1. The first-order valence-electron chi connectivity index (χ1n) is 9.11. The van der Waals surface area contributed by atoms with Gasteiger partial charge in [-0.2, -0.15) is 0 Å². The summed E-state index contributed by atoms with van der Waals surface area (Å²) in [7, 11) is 0. The molecule has 5 nitrogen and oxygen atoms in total. The predicted molar refractivity (Wildman–Crippen MR) is 104 cm³/mol. The van der Waals surface area contributed by atoms with Gasteiger partial charge in [-0.05, 0) is 42.7 Å². The van der Waals surface area contributed by atoms with Crippen molar-refractivity contribution >= 4 is 16.7 Å². The number of hydrogen-bond donors (Lipinski definition) is 0. The Morgan fingerprint density at radius 2 is 1.78 bits per heavy atom. The van der Waals surface area contributed by atoms with Crippen molar-refractivity contribution in [1.29, 1.82) is 0 Å². The van der Waals surface area contributed by atoms with Crippen LogP contribution in [0.4, 0.5) is 10.1 Å². The summed E-state index contributed by atoms with van der Waals surface area (Å²) >= 11 is 0. The van der Waals surface area contributed by atoms with Crippen LogP contribution in [0.1, 0.15) is 16.7 Å². The summed E-state index contributed by atoms with van der Waals surface area (Å²) in [6.07, 6.45) is 2.91. The second-order valence-corrected chi connectivity index (χ2v) is 7.15. The van der Waals surface area contributed by atoms with Crippen molar-refractivity contribution in [3.05, 3.63) is 69.6 Å². The minimum absolute atomic E-state index is 0.315. The van der Waals surface area contributed by atoms with Gasteiger partial charge in [-0.3, -0.25) is 9.88 Å². The number of piperazine rings is 1. The van der Waals surface area contributed by atoms with E-state index in [9.17, 15) is 9.18 Å². The number of nitrogens with zero attached hydrogens (tertiary/aromatic N) is 3. The largest absolute Gasteiger partial charge is 0.423 e. The van der Waals surface area contributed by atoms with Crippen LogP contribution in [0.15, 0.2) is 45.9 Å². The van der Waals surface area contributed by atoms with E-state index in [0.717, 1.165) is 48.4 Å². The third-order valence-electron chi connectivity index (χ3n) is 5.27. The summed E-state index contributed by atoms with van der Waals surface area (Å²) in [6, 6.07) is 7.14. The van der Waals surface area contributed by atoms with E-state index < -0.39 is 0 Å². The number of halogens is 1. The van der Waals surface area contributed by atoms with Crippen molar-refractivity contribution in [2.45, 2.75) is 20.4 Å². The standard InChI is InChI=1S/C21H22FN3O2/c1-14-7-19-16(9-21(26)27-20(19)8-15(14)2)13-24-3-5-25(6-4-24)18-10-17(22)11-23-12-18/h7-12H,3-6,13H2,1-2H3. The summed E-state index contributed by atoms with van der Waals surface area (Å²) in [5.41, 5.74) is 4.42. The number of anilines is 1. The fourth-order valence-electron chi connectivity index (χ4n) is 3.59. The van der Waals surface area contributed by atoms with E-state index in [1.165, 1.54) is 17.8 Å². The van der Waals surface area contributed by atoms with Crippen LogP contribution in [0, 0.1) is 19.7 Å². The van der Waals surface area contributed by atoms with E-state index in [4.69, 9.17) is 4.42 Å². The summed E-state index contributed by atoms with van der Waals surface area (Å²) < 4.78 is 18.8. The summed E-state index contributed by atoms with van der Waals surface area (Å²) in [6.45, 7) is 8.04. The minimum Gasteiger partial charge on any atom is -0.423 e. The number of benzene rings is 1. The van der Waals surface area contributed by atoms with Crippen molar-refractivity contribution in [3.63, 3.8) is 0 Å². The average molecular weight is 367 g/mol. The highest BCUT2D eigenvalue weighted by molar-refractivity contribution is 5.81. The zero-order chi connectivity index (χ0) is 19.0. The van der Waals surface area contributed by atoms with Gasteiger partial charge in [0.1, 0.15) is 11.4 Å². The molecule has 6 heteroatoms. The fraction of sp³-hybridized carbons (Fsp3) is 0.333. The number of aromatic nitrogens is 1. The average Bonchev–Trinajstić information content (AvgIpc) is 2.64. The van der Waals surface area contributed by atoms with Gasteiger partial charge in [0.25, 0.3) is 0 Å². The maximum Gasteiger partial charge on any atom is 0.336 e. The molecule has 0 atom stereocenters. The van der Waals surface area contributed by atoms with Crippen molar-refractivity contribution in [2.24, 2.45) is 0 Å². The SMILES string of the molecule is Cc1cc2oc(=O)cc(CN3CCN(c4cncc(F)c4)CC3)c2cc1C. The van der Waals surface area contributed by atoms with E-state index in [1.54, 1.807) is 12.3 Å². The molecule has 2 aromatic heterocycles. The highest BCUT2D eigenvalue weighted by Crippen LogP contribution is 2.23. The molecule has 1 aliphatic rings. The third-order valence-corrected chi connectivity index (χ3v) is 5.27. The summed E-state index contributed by atoms with van der Waals surface area (Å²) in [4.78, 5) is 20.4. The zero-order valence-electron chi connectivity index (χ0n) is 15.5. The highest BCUT2D eigenvalue weighted by Gasteiger charge is 2.19.